The number of hydrazone groups is 1. The van der Waals surface area contributed by atoms with Gasteiger partial charge >= 0.3 is 5.88 Å². The Morgan fingerprint density at radius 1 is 1.00 bits per heavy atom. The molecular weight excluding hydrogens is 424 g/mol. The number of nitrogens with two attached hydrogens (primary N) is 1. The molecule has 0 saturated heterocycles. The number of carbonyl (C=O) groups excluding carboxylic acids is 1. The molecule has 174 valence electrons. The molecule has 0 aliphatic carbocycles. The Bertz CT molecular complexity index is 854. The topological polar surface area (TPSA) is 161 Å². The highest BCUT2D eigenvalue weighted by Gasteiger charge is 2.10. The average molecular weight is 450 g/mol. The second-order valence-electron chi connectivity index (χ2n) is 6.13. The molecule has 0 bridgehead atoms. The smallest absolute Gasteiger partial charge is 0.433 e. The third-order valence-electron chi connectivity index (χ3n) is 3.77. The number of amides is 1. The molecule has 12 nitrogen and oxygen atoms in total. The van der Waals surface area contributed by atoms with Gasteiger partial charge in [-0.15, -0.1) is 0 Å². The van der Waals surface area contributed by atoms with Crippen molar-refractivity contribution in [2.75, 3.05) is 52.8 Å². The monoisotopic (exact) mass is 450 g/mol. The first-order valence-corrected chi connectivity index (χ1v) is 9.84. The second kappa shape index (κ2) is 14.6. The summed E-state index contributed by atoms with van der Waals surface area (Å²) in [5.74, 6) is -0.127. The average Bonchev–Trinajstić information content (AvgIpc) is 3.27. The maximum atomic E-state index is 12.1. The summed E-state index contributed by atoms with van der Waals surface area (Å²) in [7, 11) is 0. The highest BCUT2D eigenvalue weighted by Crippen LogP contribution is 2.14. The lowest BCUT2D eigenvalue weighted by atomic mass is 10.2. The Balaban J connectivity index is 1.58. The van der Waals surface area contributed by atoms with Crippen molar-refractivity contribution in [2.45, 2.75) is 0 Å². The minimum Gasteiger partial charge on any atom is -0.491 e. The van der Waals surface area contributed by atoms with Crippen LogP contribution in [-0.2, 0) is 14.2 Å². The number of hydrogen-bond donors (Lipinski definition) is 2. The van der Waals surface area contributed by atoms with E-state index in [1.807, 2.05) is 0 Å². The summed E-state index contributed by atoms with van der Waals surface area (Å²) in [6.45, 7) is 3.69. The standard InChI is InChI=1S/C20H26N4O8/c21-7-8-28-9-10-29-11-12-30-13-14-31-17-3-1-16(2-4-17)20(25)23-22-15-18-5-6-19(32-18)24(26)27/h1-6,15H,7-14,21H2,(H,23,25)/b22-15+. The van der Waals surface area contributed by atoms with Crippen molar-refractivity contribution in [3.05, 3.63) is 57.8 Å². The van der Waals surface area contributed by atoms with Crippen molar-refractivity contribution in [1.29, 1.82) is 0 Å². The Labute approximate surface area is 184 Å². The third-order valence-corrected chi connectivity index (χ3v) is 3.77. The zero-order valence-corrected chi connectivity index (χ0v) is 17.4. The van der Waals surface area contributed by atoms with Gasteiger partial charge in [0.25, 0.3) is 5.91 Å². The van der Waals surface area contributed by atoms with Gasteiger partial charge in [-0.3, -0.25) is 14.9 Å². The van der Waals surface area contributed by atoms with Gasteiger partial charge in [-0.1, -0.05) is 0 Å². The van der Waals surface area contributed by atoms with Crippen LogP contribution in [0.5, 0.6) is 5.75 Å². The summed E-state index contributed by atoms with van der Waals surface area (Å²) in [6, 6.07) is 9.04. The van der Waals surface area contributed by atoms with Crippen LogP contribution >= 0.6 is 0 Å². The molecule has 1 aromatic carbocycles. The van der Waals surface area contributed by atoms with Crippen molar-refractivity contribution in [3.8, 4) is 5.75 Å². The Morgan fingerprint density at radius 3 is 2.22 bits per heavy atom. The molecular formula is C20H26N4O8. The number of rotatable bonds is 16. The van der Waals surface area contributed by atoms with E-state index in [-0.39, 0.29) is 5.76 Å². The normalized spacial score (nSPS) is 11.0. The second-order valence-corrected chi connectivity index (χ2v) is 6.13. The molecule has 1 aromatic heterocycles. The van der Waals surface area contributed by atoms with Crippen molar-refractivity contribution >= 4 is 18.0 Å². The van der Waals surface area contributed by atoms with Crippen molar-refractivity contribution in [1.82, 2.24) is 5.43 Å². The molecule has 0 aliphatic rings. The lowest BCUT2D eigenvalue weighted by molar-refractivity contribution is -0.402. The van der Waals surface area contributed by atoms with E-state index in [1.165, 1.54) is 18.3 Å². The van der Waals surface area contributed by atoms with Crippen molar-refractivity contribution in [2.24, 2.45) is 10.8 Å². The van der Waals surface area contributed by atoms with Crippen LogP contribution in [-0.4, -0.2) is 69.8 Å². The Kier molecular flexibility index (Phi) is 11.4. The molecule has 0 saturated carbocycles. The van der Waals surface area contributed by atoms with Crippen LogP contribution in [0.2, 0.25) is 0 Å². The van der Waals surface area contributed by atoms with Gasteiger partial charge in [0.05, 0.1) is 51.9 Å². The molecule has 0 unspecified atom stereocenters. The number of benzene rings is 1. The number of carbonyl (C=O) groups is 1. The summed E-state index contributed by atoms with van der Waals surface area (Å²) >= 11 is 0. The van der Waals surface area contributed by atoms with E-state index in [1.54, 1.807) is 24.3 Å². The number of nitrogens with zero attached hydrogens (tertiary/aromatic N) is 2. The molecule has 3 N–H and O–H groups in total. The van der Waals surface area contributed by atoms with Gasteiger partial charge in [-0.05, 0) is 30.3 Å². The predicted molar refractivity (Wildman–Crippen MR) is 114 cm³/mol. The molecule has 2 aromatic rings. The number of nitrogens with one attached hydrogen (secondary N) is 1. The predicted octanol–water partition coefficient (Wildman–Crippen LogP) is 1.34. The van der Waals surface area contributed by atoms with E-state index < -0.39 is 16.7 Å². The van der Waals surface area contributed by atoms with Crippen LogP contribution in [0.1, 0.15) is 16.1 Å². The Hall–Kier alpha value is -3.32. The summed E-state index contributed by atoms with van der Waals surface area (Å²) in [5, 5.41) is 14.3. The number of furan rings is 1. The molecule has 1 amide bonds. The lowest BCUT2D eigenvalue weighted by Gasteiger charge is -2.08. The summed E-state index contributed by atoms with van der Waals surface area (Å²) in [4.78, 5) is 22.0. The van der Waals surface area contributed by atoms with Crippen LogP contribution < -0.4 is 15.9 Å². The fourth-order valence-electron chi connectivity index (χ4n) is 2.27. The van der Waals surface area contributed by atoms with Gasteiger partial charge in [0, 0.05) is 12.1 Å². The van der Waals surface area contributed by atoms with Gasteiger partial charge in [0.1, 0.15) is 17.3 Å². The van der Waals surface area contributed by atoms with Crippen LogP contribution in [0.15, 0.2) is 45.9 Å². The molecule has 0 atom stereocenters. The summed E-state index contributed by atoms with van der Waals surface area (Å²) in [6.07, 6.45) is 1.17. The van der Waals surface area contributed by atoms with Crippen molar-refractivity contribution < 1.29 is 33.1 Å². The minimum absolute atomic E-state index is 0.144. The molecule has 1 heterocycles. The first-order valence-electron chi connectivity index (χ1n) is 9.84. The first kappa shape index (κ1) is 24.9. The van der Waals surface area contributed by atoms with Gasteiger partial charge < -0.3 is 29.1 Å². The highest BCUT2D eigenvalue weighted by atomic mass is 16.6. The maximum absolute atomic E-state index is 12.1. The number of hydrogen-bond acceptors (Lipinski definition) is 10. The zero-order chi connectivity index (χ0) is 23.0. The largest absolute Gasteiger partial charge is 0.491 e. The van der Waals surface area contributed by atoms with Crippen LogP contribution in [0.4, 0.5) is 5.88 Å². The molecule has 0 aliphatic heterocycles. The van der Waals surface area contributed by atoms with Gasteiger partial charge in [0.2, 0.25) is 0 Å². The molecule has 0 fully saturated rings. The van der Waals surface area contributed by atoms with Gasteiger partial charge in [-0.2, -0.15) is 5.10 Å². The summed E-state index contributed by atoms with van der Waals surface area (Å²) < 4.78 is 26.4. The van der Waals surface area contributed by atoms with E-state index >= 15 is 0 Å². The van der Waals surface area contributed by atoms with Crippen LogP contribution in [0.3, 0.4) is 0 Å². The lowest BCUT2D eigenvalue weighted by Crippen LogP contribution is -2.17. The fourth-order valence-corrected chi connectivity index (χ4v) is 2.27. The van der Waals surface area contributed by atoms with Crippen LogP contribution in [0.25, 0.3) is 0 Å². The van der Waals surface area contributed by atoms with E-state index in [9.17, 15) is 14.9 Å². The number of ether oxygens (including phenoxy) is 4. The molecule has 2 rings (SSSR count). The molecule has 32 heavy (non-hydrogen) atoms. The molecule has 0 spiro atoms. The fraction of sp³-hybridized carbons (Fsp3) is 0.400. The third kappa shape index (κ3) is 9.66. The van der Waals surface area contributed by atoms with Gasteiger partial charge in [-0.25, -0.2) is 5.43 Å². The zero-order valence-electron chi connectivity index (χ0n) is 17.4. The molecule has 12 heteroatoms. The SMILES string of the molecule is NCCOCCOCCOCCOc1ccc(C(=O)N/N=C/c2ccc([N+](=O)[O-])o2)cc1. The van der Waals surface area contributed by atoms with E-state index in [4.69, 9.17) is 29.1 Å². The van der Waals surface area contributed by atoms with Crippen molar-refractivity contribution in [3.63, 3.8) is 0 Å². The van der Waals surface area contributed by atoms with Gasteiger partial charge in [0.15, 0.2) is 5.76 Å². The van der Waals surface area contributed by atoms with E-state index in [0.717, 1.165) is 0 Å². The molecule has 0 radical (unpaired) electrons. The van der Waals surface area contributed by atoms with E-state index in [2.05, 4.69) is 10.5 Å². The quantitative estimate of drug-likeness (QED) is 0.166. The first-order chi connectivity index (χ1) is 15.6. The van der Waals surface area contributed by atoms with E-state index in [0.29, 0.717) is 64.1 Å². The maximum Gasteiger partial charge on any atom is 0.433 e. The number of nitro groups is 1. The van der Waals surface area contributed by atoms with Crippen LogP contribution in [0, 0.1) is 10.1 Å². The summed E-state index contributed by atoms with van der Waals surface area (Å²) in [5.41, 5.74) is 7.98. The highest BCUT2D eigenvalue weighted by molar-refractivity contribution is 5.94. The minimum atomic E-state index is -0.664. The Morgan fingerprint density at radius 2 is 1.62 bits per heavy atom.